The van der Waals surface area contributed by atoms with E-state index in [1.54, 1.807) is 16.7 Å². The van der Waals surface area contributed by atoms with Crippen molar-refractivity contribution in [3.63, 3.8) is 0 Å². The maximum absolute atomic E-state index is 11.9. The van der Waals surface area contributed by atoms with Gasteiger partial charge in [0, 0.05) is 13.1 Å². The molecule has 0 aromatic rings. The third kappa shape index (κ3) is 3.74. The second-order valence-corrected chi connectivity index (χ2v) is 4.87. The predicted molar refractivity (Wildman–Crippen MR) is 60.0 cm³/mol. The molecule has 1 unspecified atom stereocenters. The molecule has 1 heterocycles. The van der Waals surface area contributed by atoms with Crippen LogP contribution in [0.2, 0.25) is 0 Å². The molecule has 4 nitrogen and oxygen atoms in total. The molecule has 0 saturated carbocycles. The Morgan fingerprint density at radius 1 is 1.53 bits per heavy atom. The highest BCUT2D eigenvalue weighted by Gasteiger charge is 2.27. The van der Waals surface area contributed by atoms with Gasteiger partial charge in [0.1, 0.15) is 0 Å². The molecule has 15 heavy (non-hydrogen) atoms. The number of hydrogen-bond acceptors (Lipinski definition) is 3. The fourth-order valence-corrected chi connectivity index (χ4v) is 2.87. The zero-order valence-corrected chi connectivity index (χ0v) is 9.76. The molecule has 0 spiro atoms. The van der Waals surface area contributed by atoms with E-state index >= 15 is 0 Å². The van der Waals surface area contributed by atoms with Crippen LogP contribution in [0.25, 0.3) is 0 Å². The fraction of sp³-hybridized carbons (Fsp3) is 0.800. The van der Waals surface area contributed by atoms with Gasteiger partial charge in [0.2, 0.25) is 5.91 Å². The minimum absolute atomic E-state index is 0.0387. The summed E-state index contributed by atoms with van der Waals surface area (Å²) in [5, 5.41) is 8.63. The van der Waals surface area contributed by atoms with Crippen molar-refractivity contribution < 1.29 is 14.7 Å². The molecule has 1 rings (SSSR count). The Morgan fingerprint density at radius 3 is 2.73 bits per heavy atom. The van der Waals surface area contributed by atoms with E-state index in [0.717, 1.165) is 18.6 Å². The monoisotopic (exact) mass is 231 g/mol. The van der Waals surface area contributed by atoms with Gasteiger partial charge in [-0.15, -0.1) is 11.8 Å². The third-order valence-corrected chi connectivity index (χ3v) is 3.86. The first-order chi connectivity index (χ1) is 7.15. The zero-order chi connectivity index (χ0) is 11.3. The summed E-state index contributed by atoms with van der Waals surface area (Å²) in [6, 6.07) is 0. The second kappa shape index (κ2) is 6.00. The van der Waals surface area contributed by atoms with Crippen molar-refractivity contribution in [2.75, 3.05) is 18.8 Å². The maximum Gasteiger partial charge on any atom is 0.305 e. The molecule has 1 fully saturated rings. The number of carbonyl (C=O) groups excluding carboxylic acids is 1. The van der Waals surface area contributed by atoms with E-state index in [1.165, 1.54) is 0 Å². The number of nitrogens with zero attached hydrogens (tertiary/aromatic N) is 1. The minimum Gasteiger partial charge on any atom is -0.481 e. The summed E-state index contributed by atoms with van der Waals surface area (Å²) >= 11 is 1.69. The normalized spacial score (nSPS) is 20.2. The van der Waals surface area contributed by atoms with E-state index < -0.39 is 5.97 Å². The van der Waals surface area contributed by atoms with Gasteiger partial charge in [-0.1, -0.05) is 0 Å². The maximum atomic E-state index is 11.9. The number of carboxylic acid groups (broad SMARTS) is 1. The van der Waals surface area contributed by atoms with Crippen LogP contribution in [-0.4, -0.2) is 46.0 Å². The van der Waals surface area contributed by atoms with Crippen LogP contribution in [0, 0.1) is 0 Å². The summed E-state index contributed by atoms with van der Waals surface area (Å²) in [5.74, 6) is 0.314. The molecule has 0 aromatic heterocycles. The molecule has 1 aliphatic rings. The van der Waals surface area contributed by atoms with Gasteiger partial charge >= 0.3 is 5.97 Å². The number of rotatable bonds is 5. The van der Waals surface area contributed by atoms with Crippen LogP contribution in [0.15, 0.2) is 0 Å². The van der Waals surface area contributed by atoms with Crippen LogP contribution >= 0.6 is 11.8 Å². The third-order valence-electron chi connectivity index (χ3n) is 2.49. The summed E-state index contributed by atoms with van der Waals surface area (Å²) < 4.78 is 0. The molecular formula is C10H17NO3S. The Kier molecular flexibility index (Phi) is 4.94. The quantitative estimate of drug-likeness (QED) is 0.772. The largest absolute Gasteiger partial charge is 0.481 e. The standard InChI is InChI=1S/C10H17NO3S/c1-2-11(6-5-9(12)13)10(14)8-4-3-7-15-8/h8H,2-7H2,1H3,(H,12,13). The number of thioether (sulfide) groups is 1. The van der Waals surface area contributed by atoms with Crippen LogP contribution in [0.1, 0.15) is 26.2 Å². The fourth-order valence-electron chi connectivity index (χ4n) is 1.63. The van der Waals surface area contributed by atoms with E-state index in [-0.39, 0.29) is 17.6 Å². The van der Waals surface area contributed by atoms with E-state index in [0.29, 0.717) is 13.1 Å². The van der Waals surface area contributed by atoms with Crippen LogP contribution in [-0.2, 0) is 9.59 Å². The van der Waals surface area contributed by atoms with Gasteiger partial charge in [-0.25, -0.2) is 0 Å². The number of amides is 1. The van der Waals surface area contributed by atoms with Crippen molar-refractivity contribution in [3.8, 4) is 0 Å². The molecule has 0 aromatic carbocycles. The summed E-state index contributed by atoms with van der Waals surface area (Å²) in [6.07, 6.45) is 2.07. The zero-order valence-electron chi connectivity index (χ0n) is 8.94. The molecule has 0 bridgehead atoms. The lowest BCUT2D eigenvalue weighted by Gasteiger charge is -2.22. The van der Waals surface area contributed by atoms with Crippen molar-refractivity contribution >= 4 is 23.6 Å². The smallest absolute Gasteiger partial charge is 0.305 e. The highest BCUT2D eigenvalue weighted by molar-refractivity contribution is 8.00. The molecule has 1 amide bonds. The van der Waals surface area contributed by atoms with Crippen molar-refractivity contribution in [3.05, 3.63) is 0 Å². The van der Waals surface area contributed by atoms with Crippen molar-refractivity contribution in [2.24, 2.45) is 0 Å². The SMILES string of the molecule is CCN(CCC(=O)O)C(=O)C1CCCS1. The molecule has 0 radical (unpaired) electrons. The van der Waals surface area contributed by atoms with E-state index in [1.807, 2.05) is 6.92 Å². The Morgan fingerprint density at radius 2 is 2.27 bits per heavy atom. The van der Waals surface area contributed by atoms with Gasteiger partial charge in [0.15, 0.2) is 0 Å². The second-order valence-electron chi connectivity index (χ2n) is 3.56. The van der Waals surface area contributed by atoms with Gasteiger partial charge in [-0.3, -0.25) is 9.59 Å². The Labute approximate surface area is 94.0 Å². The summed E-state index contributed by atoms with van der Waals surface area (Å²) in [6.45, 7) is 2.82. The Balaban J connectivity index is 2.42. The first kappa shape index (κ1) is 12.4. The van der Waals surface area contributed by atoms with Crippen LogP contribution in [0.4, 0.5) is 0 Å². The van der Waals surface area contributed by atoms with Gasteiger partial charge in [-0.2, -0.15) is 0 Å². The molecule has 0 aliphatic carbocycles. The van der Waals surface area contributed by atoms with Gasteiger partial charge < -0.3 is 10.0 Å². The van der Waals surface area contributed by atoms with Crippen molar-refractivity contribution in [2.45, 2.75) is 31.4 Å². The first-order valence-corrected chi connectivity index (χ1v) is 6.32. The summed E-state index contributed by atoms with van der Waals surface area (Å²) in [7, 11) is 0. The van der Waals surface area contributed by atoms with Crippen LogP contribution in [0.5, 0.6) is 0 Å². The van der Waals surface area contributed by atoms with Crippen LogP contribution in [0.3, 0.4) is 0 Å². The molecule has 1 saturated heterocycles. The first-order valence-electron chi connectivity index (χ1n) is 5.27. The summed E-state index contributed by atoms with van der Waals surface area (Å²) in [5.41, 5.74) is 0. The number of aliphatic carboxylic acids is 1. The molecule has 5 heteroatoms. The topological polar surface area (TPSA) is 57.6 Å². The molecule has 86 valence electrons. The van der Waals surface area contributed by atoms with Gasteiger partial charge in [0.05, 0.1) is 11.7 Å². The van der Waals surface area contributed by atoms with Crippen LogP contribution < -0.4 is 0 Å². The van der Waals surface area contributed by atoms with E-state index in [4.69, 9.17) is 5.11 Å². The lowest BCUT2D eigenvalue weighted by Crippen LogP contribution is -2.38. The predicted octanol–water partition coefficient (Wildman–Crippen LogP) is 1.21. The van der Waals surface area contributed by atoms with E-state index in [2.05, 4.69) is 0 Å². The average Bonchev–Trinajstić information content (AvgIpc) is 2.70. The molecule has 1 aliphatic heterocycles. The molecule has 1 atom stereocenters. The lowest BCUT2D eigenvalue weighted by atomic mass is 10.2. The number of hydrogen-bond donors (Lipinski definition) is 1. The minimum atomic E-state index is -0.847. The Hall–Kier alpha value is -0.710. The number of carbonyl (C=O) groups is 2. The molecular weight excluding hydrogens is 214 g/mol. The Bertz CT molecular complexity index is 239. The van der Waals surface area contributed by atoms with Gasteiger partial charge in [0.25, 0.3) is 0 Å². The number of carboxylic acids is 1. The van der Waals surface area contributed by atoms with Crippen molar-refractivity contribution in [1.82, 2.24) is 4.90 Å². The van der Waals surface area contributed by atoms with Gasteiger partial charge in [-0.05, 0) is 25.5 Å². The average molecular weight is 231 g/mol. The van der Waals surface area contributed by atoms with Crippen molar-refractivity contribution in [1.29, 1.82) is 0 Å². The summed E-state index contributed by atoms with van der Waals surface area (Å²) in [4.78, 5) is 24.0. The lowest BCUT2D eigenvalue weighted by molar-refractivity contribution is -0.138. The highest BCUT2D eigenvalue weighted by Crippen LogP contribution is 2.27. The highest BCUT2D eigenvalue weighted by atomic mass is 32.2. The molecule has 1 N–H and O–H groups in total. The van der Waals surface area contributed by atoms with E-state index in [9.17, 15) is 9.59 Å².